The number of fused-ring (bicyclic) bond motifs is 1. The maximum atomic E-state index is 12.0. The van der Waals surface area contributed by atoms with E-state index in [0.29, 0.717) is 5.75 Å². The Hall–Kier alpha value is -1.16. The molecule has 82 valence electrons. The summed E-state index contributed by atoms with van der Waals surface area (Å²) in [7, 11) is 0. The summed E-state index contributed by atoms with van der Waals surface area (Å²) < 4.78 is 29.1. The Labute approximate surface area is 87.2 Å². The number of hydrogen-bond acceptors (Lipinski definition) is 2. The van der Waals surface area contributed by atoms with Gasteiger partial charge in [0.15, 0.2) is 0 Å². The molecule has 0 spiro atoms. The molecule has 0 saturated carbocycles. The van der Waals surface area contributed by atoms with Crippen LogP contribution in [0.5, 0.6) is 5.75 Å². The summed E-state index contributed by atoms with van der Waals surface area (Å²) in [5.41, 5.74) is 2.21. The number of ether oxygens (including phenoxy) is 1. The average molecular weight is 213 g/mol. The van der Waals surface area contributed by atoms with Crippen LogP contribution in [0.15, 0.2) is 18.2 Å². The minimum Gasteiger partial charge on any atom is -0.487 e. The van der Waals surface area contributed by atoms with Crippen molar-refractivity contribution < 1.29 is 13.5 Å². The van der Waals surface area contributed by atoms with Crippen molar-refractivity contribution >= 4 is 0 Å². The van der Waals surface area contributed by atoms with Crippen LogP contribution in [0.25, 0.3) is 0 Å². The van der Waals surface area contributed by atoms with Gasteiger partial charge in [0.05, 0.1) is 0 Å². The molecule has 2 rings (SSSR count). The van der Waals surface area contributed by atoms with Gasteiger partial charge in [-0.05, 0) is 30.2 Å². The first-order valence-corrected chi connectivity index (χ1v) is 5.00. The quantitative estimate of drug-likeness (QED) is 0.828. The molecule has 0 amide bonds. The van der Waals surface area contributed by atoms with Gasteiger partial charge in [0.1, 0.15) is 12.4 Å². The van der Waals surface area contributed by atoms with Crippen LogP contribution >= 0.6 is 0 Å². The maximum absolute atomic E-state index is 12.0. The van der Waals surface area contributed by atoms with E-state index in [1.165, 1.54) is 0 Å². The summed E-state index contributed by atoms with van der Waals surface area (Å²) in [4.78, 5) is 0. The van der Waals surface area contributed by atoms with E-state index in [1.807, 2.05) is 12.1 Å². The summed E-state index contributed by atoms with van der Waals surface area (Å²) in [5, 5.41) is 3.23. The Morgan fingerprint density at radius 2 is 2.27 bits per heavy atom. The van der Waals surface area contributed by atoms with Crippen molar-refractivity contribution in [3.63, 3.8) is 0 Å². The second-order valence-corrected chi connectivity index (χ2v) is 3.52. The van der Waals surface area contributed by atoms with Gasteiger partial charge in [0.2, 0.25) is 0 Å². The number of rotatable bonds is 3. The minimum atomic E-state index is -2.41. The van der Waals surface area contributed by atoms with Crippen molar-refractivity contribution in [3.8, 4) is 5.75 Å². The van der Waals surface area contributed by atoms with Gasteiger partial charge >= 0.3 is 0 Å². The molecule has 0 atom stereocenters. The predicted octanol–water partition coefficient (Wildman–Crippen LogP) is 1.98. The number of benzene rings is 1. The average Bonchev–Trinajstić information content (AvgIpc) is 2.26. The molecule has 15 heavy (non-hydrogen) atoms. The molecule has 0 aromatic heterocycles. The van der Waals surface area contributed by atoms with Gasteiger partial charge in [-0.2, -0.15) is 0 Å². The summed E-state index contributed by atoms with van der Waals surface area (Å²) >= 11 is 0. The molecule has 0 unspecified atom stereocenters. The molecule has 4 heteroatoms. The fraction of sp³-hybridized carbons (Fsp3) is 0.455. The molecule has 1 heterocycles. The van der Waals surface area contributed by atoms with E-state index in [4.69, 9.17) is 4.74 Å². The Morgan fingerprint density at radius 1 is 1.40 bits per heavy atom. The molecular formula is C11H13F2NO. The molecule has 2 nitrogen and oxygen atoms in total. The van der Waals surface area contributed by atoms with E-state index in [-0.39, 0.29) is 0 Å². The van der Waals surface area contributed by atoms with Gasteiger partial charge in [-0.3, -0.25) is 0 Å². The lowest BCUT2D eigenvalue weighted by atomic mass is 10.0. The molecule has 1 aliphatic rings. The van der Waals surface area contributed by atoms with Gasteiger partial charge in [-0.25, -0.2) is 8.78 Å². The van der Waals surface area contributed by atoms with Gasteiger partial charge in [0, 0.05) is 6.54 Å². The molecule has 0 aliphatic carbocycles. The van der Waals surface area contributed by atoms with E-state index in [2.05, 4.69) is 5.32 Å². The SMILES string of the molecule is FC(F)COc1cccc2c1CCNC2. The Kier molecular flexibility index (Phi) is 3.16. The molecule has 1 N–H and O–H groups in total. The predicted molar refractivity (Wildman–Crippen MR) is 53.4 cm³/mol. The second kappa shape index (κ2) is 4.57. The highest BCUT2D eigenvalue weighted by Gasteiger charge is 2.14. The lowest BCUT2D eigenvalue weighted by Crippen LogP contribution is -2.24. The zero-order chi connectivity index (χ0) is 10.7. The Morgan fingerprint density at radius 3 is 3.07 bits per heavy atom. The summed E-state index contributed by atoms with van der Waals surface area (Å²) in [5.74, 6) is 0.606. The highest BCUT2D eigenvalue weighted by atomic mass is 19.3. The van der Waals surface area contributed by atoms with Crippen LogP contribution in [-0.4, -0.2) is 19.6 Å². The van der Waals surface area contributed by atoms with Crippen molar-refractivity contribution in [2.75, 3.05) is 13.2 Å². The second-order valence-electron chi connectivity index (χ2n) is 3.52. The molecule has 0 radical (unpaired) electrons. The van der Waals surface area contributed by atoms with Crippen LogP contribution in [0.3, 0.4) is 0 Å². The smallest absolute Gasteiger partial charge is 0.272 e. The number of hydrogen-bond donors (Lipinski definition) is 1. The van der Waals surface area contributed by atoms with E-state index in [1.54, 1.807) is 6.07 Å². The first kappa shape index (κ1) is 10.4. The lowest BCUT2D eigenvalue weighted by molar-refractivity contribution is 0.0813. The highest BCUT2D eigenvalue weighted by molar-refractivity contribution is 5.41. The van der Waals surface area contributed by atoms with Gasteiger partial charge in [0.25, 0.3) is 6.43 Å². The standard InChI is InChI=1S/C11H13F2NO/c12-11(13)7-15-10-3-1-2-8-6-14-5-4-9(8)10/h1-3,11,14H,4-7H2. The van der Waals surface area contributed by atoms with E-state index >= 15 is 0 Å². The first-order chi connectivity index (χ1) is 7.27. The fourth-order valence-electron chi connectivity index (χ4n) is 1.78. The molecule has 1 aromatic rings. The molecule has 0 bridgehead atoms. The minimum absolute atomic E-state index is 0.524. The summed E-state index contributed by atoms with van der Waals surface area (Å²) in [6.45, 7) is 1.15. The van der Waals surface area contributed by atoms with Crippen molar-refractivity contribution in [2.45, 2.75) is 19.4 Å². The summed E-state index contributed by atoms with van der Waals surface area (Å²) in [6, 6.07) is 5.59. The molecule has 1 aromatic carbocycles. The van der Waals surface area contributed by atoms with Gasteiger partial charge in [-0.15, -0.1) is 0 Å². The topological polar surface area (TPSA) is 21.3 Å². The fourth-order valence-corrected chi connectivity index (χ4v) is 1.78. The van der Waals surface area contributed by atoms with E-state index < -0.39 is 13.0 Å². The molecule has 0 fully saturated rings. The first-order valence-electron chi connectivity index (χ1n) is 5.00. The van der Waals surface area contributed by atoms with Crippen LogP contribution in [0.4, 0.5) is 8.78 Å². The molecular weight excluding hydrogens is 200 g/mol. The van der Waals surface area contributed by atoms with Crippen LogP contribution in [0.1, 0.15) is 11.1 Å². The number of nitrogens with one attached hydrogen (secondary N) is 1. The monoisotopic (exact) mass is 213 g/mol. The Balaban J connectivity index is 2.16. The normalized spacial score (nSPS) is 15.1. The van der Waals surface area contributed by atoms with Crippen LogP contribution < -0.4 is 10.1 Å². The van der Waals surface area contributed by atoms with Crippen LogP contribution in [-0.2, 0) is 13.0 Å². The number of alkyl halides is 2. The maximum Gasteiger partial charge on any atom is 0.272 e. The van der Waals surface area contributed by atoms with Gasteiger partial charge in [-0.1, -0.05) is 12.1 Å². The lowest BCUT2D eigenvalue weighted by Gasteiger charge is -2.20. The third kappa shape index (κ3) is 2.45. The van der Waals surface area contributed by atoms with E-state index in [9.17, 15) is 8.78 Å². The third-order valence-corrected chi connectivity index (χ3v) is 2.46. The number of halogens is 2. The van der Waals surface area contributed by atoms with Gasteiger partial charge < -0.3 is 10.1 Å². The zero-order valence-corrected chi connectivity index (χ0v) is 8.30. The van der Waals surface area contributed by atoms with Crippen molar-refractivity contribution in [2.24, 2.45) is 0 Å². The zero-order valence-electron chi connectivity index (χ0n) is 8.30. The highest BCUT2D eigenvalue weighted by Crippen LogP contribution is 2.25. The Bertz CT molecular complexity index is 341. The van der Waals surface area contributed by atoms with Crippen LogP contribution in [0.2, 0.25) is 0 Å². The van der Waals surface area contributed by atoms with Crippen molar-refractivity contribution in [3.05, 3.63) is 29.3 Å². The third-order valence-electron chi connectivity index (χ3n) is 2.46. The van der Waals surface area contributed by atoms with E-state index in [0.717, 1.165) is 30.6 Å². The molecule has 1 aliphatic heterocycles. The van der Waals surface area contributed by atoms with Crippen LogP contribution in [0, 0.1) is 0 Å². The summed E-state index contributed by atoms with van der Waals surface area (Å²) in [6.07, 6.45) is -1.57. The van der Waals surface area contributed by atoms with Crippen molar-refractivity contribution in [1.29, 1.82) is 0 Å². The molecule has 0 saturated heterocycles. The van der Waals surface area contributed by atoms with Crippen molar-refractivity contribution in [1.82, 2.24) is 5.32 Å². The largest absolute Gasteiger partial charge is 0.487 e.